The van der Waals surface area contributed by atoms with Crippen molar-refractivity contribution in [1.29, 1.82) is 0 Å². The summed E-state index contributed by atoms with van der Waals surface area (Å²) in [4.78, 5) is 0. The molecule has 28 heavy (non-hydrogen) atoms. The molecule has 0 saturated heterocycles. The Bertz CT molecular complexity index is 954. The number of H-pyrrole nitrogens is 1. The van der Waals surface area contributed by atoms with Gasteiger partial charge in [-0.3, -0.25) is 0 Å². The summed E-state index contributed by atoms with van der Waals surface area (Å²) < 4.78 is 44.6. The number of hydrogen-bond acceptors (Lipinski definition) is 1. The summed E-state index contributed by atoms with van der Waals surface area (Å²) in [7, 11) is 0. The molecule has 0 radical (unpaired) electrons. The van der Waals surface area contributed by atoms with Crippen molar-refractivity contribution in [3.8, 4) is 0 Å². The number of unbranched alkanes of at least 4 members (excludes halogenated alkanes) is 1. The van der Waals surface area contributed by atoms with Gasteiger partial charge < -0.3 is 4.37 Å². The summed E-state index contributed by atoms with van der Waals surface area (Å²) in [5.74, 6) is -3.80. The van der Waals surface area contributed by atoms with E-state index in [1.807, 2.05) is 37.3 Å². The van der Waals surface area contributed by atoms with Crippen molar-refractivity contribution in [2.24, 2.45) is 0 Å². The zero-order valence-corrected chi connectivity index (χ0v) is 17.5. The second-order valence-electron chi connectivity index (χ2n) is 6.52. The van der Waals surface area contributed by atoms with Crippen LogP contribution in [0.2, 0.25) is 0 Å². The molecule has 2 aromatic carbocycles. The van der Waals surface area contributed by atoms with E-state index in [1.54, 1.807) is 6.92 Å². The molecule has 3 rings (SSSR count). The van der Waals surface area contributed by atoms with Crippen LogP contribution < -0.4 is 0 Å². The topological polar surface area (TPSA) is 15.8 Å². The third-order valence-electron chi connectivity index (χ3n) is 4.40. The molecule has 1 N–H and O–H groups in total. The number of allylic oxidation sites excluding steroid dienone is 4. The minimum Gasteiger partial charge on any atom is -0.309 e. The monoisotopic (exact) mass is 405 g/mol. The van der Waals surface area contributed by atoms with Crippen LogP contribution in [0.1, 0.15) is 58.1 Å². The molecule has 0 aliphatic heterocycles. The summed E-state index contributed by atoms with van der Waals surface area (Å²) >= 11 is 1.53. The van der Waals surface area contributed by atoms with Gasteiger partial charge in [-0.2, -0.15) is 0 Å². The van der Waals surface area contributed by atoms with Gasteiger partial charge in [-0.05, 0) is 59.9 Å². The fourth-order valence-electron chi connectivity index (χ4n) is 2.52. The van der Waals surface area contributed by atoms with E-state index in [4.69, 9.17) is 0 Å². The highest BCUT2D eigenvalue weighted by Crippen LogP contribution is 2.32. The highest BCUT2D eigenvalue weighted by molar-refractivity contribution is 7.15. The first-order valence-electron chi connectivity index (χ1n) is 9.52. The van der Waals surface area contributed by atoms with Gasteiger partial charge in [-0.15, -0.1) is 0 Å². The Morgan fingerprint density at radius 2 is 1.61 bits per heavy atom. The Kier molecular flexibility index (Phi) is 8.12. The Morgan fingerprint density at radius 1 is 0.964 bits per heavy atom. The van der Waals surface area contributed by atoms with Crippen LogP contribution in [0, 0.1) is 17.5 Å². The van der Waals surface area contributed by atoms with E-state index in [1.165, 1.54) is 24.4 Å². The van der Waals surface area contributed by atoms with Gasteiger partial charge in [0.1, 0.15) is 0 Å². The van der Waals surface area contributed by atoms with Crippen LogP contribution in [0.3, 0.4) is 0 Å². The normalized spacial score (nSPS) is 12.2. The first-order chi connectivity index (χ1) is 13.4. The molecular weight excluding hydrogens is 379 g/mol. The Balaban J connectivity index is 0.000000640. The van der Waals surface area contributed by atoms with Gasteiger partial charge in [0.2, 0.25) is 0 Å². The van der Waals surface area contributed by atoms with Crippen LogP contribution in [-0.4, -0.2) is 4.37 Å². The molecule has 1 aromatic heterocycles. The van der Waals surface area contributed by atoms with E-state index < -0.39 is 17.5 Å². The summed E-state index contributed by atoms with van der Waals surface area (Å²) in [6.07, 6.45) is 7.40. The first kappa shape index (κ1) is 22.0. The van der Waals surface area contributed by atoms with Crippen LogP contribution in [0.4, 0.5) is 13.2 Å². The Labute approximate surface area is 168 Å². The number of aromatic amines is 1. The van der Waals surface area contributed by atoms with Crippen molar-refractivity contribution >= 4 is 32.9 Å². The fourth-order valence-corrected chi connectivity index (χ4v) is 3.18. The number of nitrogens with one attached hydrogen (secondary N) is 1. The van der Waals surface area contributed by atoms with Crippen molar-refractivity contribution < 1.29 is 13.2 Å². The van der Waals surface area contributed by atoms with Gasteiger partial charge in [0.15, 0.2) is 17.5 Å². The molecular formula is C23H26F3NS. The lowest BCUT2D eigenvalue weighted by Gasteiger charge is -2.12. The van der Waals surface area contributed by atoms with E-state index in [-0.39, 0.29) is 0 Å². The molecule has 0 fully saturated rings. The molecule has 0 unspecified atom stereocenters. The summed E-state index contributed by atoms with van der Waals surface area (Å²) in [5.41, 5.74) is 3.90. The standard InChI is InChI=1S/C19H16F3NS.C4H10/c1-3-4-5-14(12-6-7-17-18(10-12)24-23-17)11(2)13-8-15(20)19(22)16(21)9-13;1-3-4-2/h4-10,23H,3H2,1-2H3;3-4H2,1-2H3/b5-4-,14-11-;. The molecule has 0 aliphatic carbocycles. The average molecular weight is 406 g/mol. The quantitative estimate of drug-likeness (QED) is 0.249. The second kappa shape index (κ2) is 10.3. The van der Waals surface area contributed by atoms with E-state index in [0.717, 1.165) is 39.9 Å². The van der Waals surface area contributed by atoms with Crippen LogP contribution in [0.15, 0.2) is 42.5 Å². The molecule has 0 amide bonds. The lowest BCUT2D eigenvalue weighted by molar-refractivity contribution is 0.446. The molecule has 0 atom stereocenters. The molecule has 5 heteroatoms. The molecule has 150 valence electrons. The number of halogens is 3. The van der Waals surface area contributed by atoms with E-state index >= 15 is 0 Å². The van der Waals surface area contributed by atoms with Gasteiger partial charge in [0.05, 0.1) is 10.2 Å². The van der Waals surface area contributed by atoms with Gasteiger partial charge in [-0.1, -0.05) is 63.4 Å². The number of fused-ring (bicyclic) bond motifs is 1. The molecule has 0 bridgehead atoms. The van der Waals surface area contributed by atoms with Crippen molar-refractivity contribution in [1.82, 2.24) is 4.37 Å². The number of aromatic nitrogens is 1. The second-order valence-corrected chi connectivity index (χ2v) is 7.37. The predicted molar refractivity (Wildman–Crippen MR) is 115 cm³/mol. The zero-order valence-electron chi connectivity index (χ0n) is 16.7. The highest BCUT2D eigenvalue weighted by Gasteiger charge is 2.14. The SMILES string of the molecule is CC/C=C\C(=C(/C)c1cc(F)c(F)c(F)c1)c1ccc2[nH]sc2c1.CCCC. The van der Waals surface area contributed by atoms with Crippen LogP contribution in [0.5, 0.6) is 0 Å². The molecule has 3 aromatic rings. The smallest absolute Gasteiger partial charge is 0.194 e. The van der Waals surface area contributed by atoms with E-state index in [9.17, 15) is 13.2 Å². The summed E-state index contributed by atoms with van der Waals surface area (Å²) in [6, 6.07) is 8.03. The summed E-state index contributed by atoms with van der Waals surface area (Å²) in [5, 5.41) is 0. The molecule has 1 nitrogen and oxygen atoms in total. The van der Waals surface area contributed by atoms with Gasteiger partial charge in [0.25, 0.3) is 0 Å². The third kappa shape index (κ3) is 5.16. The Hall–Kier alpha value is -2.27. The maximum absolute atomic E-state index is 13.6. The number of rotatable bonds is 5. The first-order valence-corrected chi connectivity index (χ1v) is 10.3. The number of hydrogen-bond donors (Lipinski definition) is 1. The highest BCUT2D eigenvalue weighted by atomic mass is 32.1. The van der Waals surface area contributed by atoms with E-state index in [0.29, 0.717) is 11.1 Å². The molecule has 1 heterocycles. The Morgan fingerprint density at radius 3 is 2.07 bits per heavy atom. The minimum atomic E-state index is -1.44. The minimum absolute atomic E-state index is 0.329. The van der Waals surface area contributed by atoms with Crippen molar-refractivity contribution in [3.05, 3.63) is 71.1 Å². The predicted octanol–water partition coefficient (Wildman–Crippen LogP) is 8.35. The molecule has 0 spiro atoms. The largest absolute Gasteiger partial charge is 0.309 e. The number of benzene rings is 2. The van der Waals surface area contributed by atoms with Gasteiger partial charge >= 0.3 is 0 Å². The zero-order chi connectivity index (χ0) is 20.7. The molecule has 0 saturated carbocycles. The van der Waals surface area contributed by atoms with Gasteiger partial charge in [-0.25, -0.2) is 13.2 Å². The molecule has 0 aliphatic rings. The average Bonchev–Trinajstić information content (AvgIpc) is 2.67. The fraction of sp³-hybridized carbons (Fsp3) is 0.304. The third-order valence-corrected chi connectivity index (χ3v) is 5.28. The maximum Gasteiger partial charge on any atom is 0.194 e. The van der Waals surface area contributed by atoms with Gasteiger partial charge in [0, 0.05) is 0 Å². The summed E-state index contributed by atoms with van der Waals surface area (Å²) in [6.45, 7) is 8.16. The maximum atomic E-state index is 13.6. The lowest BCUT2D eigenvalue weighted by atomic mass is 9.95. The van der Waals surface area contributed by atoms with Crippen LogP contribution >= 0.6 is 11.5 Å². The van der Waals surface area contributed by atoms with Crippen LogP contribution in [-0.2, 0) is 0 Å². The van der Waals surface area contributed by atoms with Crippen molar-refractivity contribution in [3.63, 3.8) is 0 Å². The van der Waals surface area contributed by atoms with E-state index in [2.05, 4.69) is 18.2 Å². The van der Waals surface area contributed by atoms with Crippen molar-refractivity contribution in [2.45, 2.75) is 47.0 Å². The van der Waals surface area contributed by atoms with Crippen LogP contribution in [0.25, 0.3) is 21.4 Å². The lowest BCUT2D eigenvalue weighted by Crippen LogP contribution is -1.95. The van der Waals surface area contributed by atoms with Crippen molar-refractivity contribution in [2.75, 3.05) is 0 Å².